The van der Waals surface area contributed by atoms with E-state index in [4.69, 9.17) is 0 Å². The first-order valence-electron chi connectivity index (χ1n) is 4.17. The van der Waals surface area contributed by atoms with Crippen LogP contribution in [-0.4, -0.2) is 17.2 Å². The maximum absolute atomic E-state index is 9.66. The van der Waals surface area contributed by atoms with E-state index in [2.05, 4.69) is 14.4 Å². The number of benzene rings is 1. The minimum Gasteiger partial charge on any atom is -0.691 e. The molecule has 0 bridgehead atoms. The van der Waals surface area contributed by atoms with Crippen LogP contribution in [-0.2, 0) is 9.37 Å². The fourth-order valence-electron chi connectivity index (χ4n) is 1.14. The van der Waals surface area contributed by atoms with Crippen molar-refractivity contribution in [1.29, 1.82) is 0 Å². The molecule has 17 heavy (non-hydrogen) atoms. The van der Waals surface area contributed by atoms with Crippen LogP contribution in [0.3, 0.4) is 0 Å². The molecule has 0 spiro atoms. The topological polar surface area (TPSA) is 77.9 Å². The Balaban J connectivity index is 0.00000144. The summed E-state index contributed by atoms with van der Waals surface area (Å²) in [6.45, 7) is 0. The van der Waals surface area contributed by atoms with Crippen molar-refractivity contribution in [2.75, 3.05) is 12.1 Å². The van der Waals surface area contributed by atoms with E-state index in [1.807, 2.05) is 6.07 Å². The van der Waals surface area contributed by atoms with Gasteiger partial charge < -0.3 is 5.26 Å². The largest absolute Gasteiger partial charge is 1.00 e. The van der Waals surface area contributed by atoms with Crippen molar-refractivity contribution in [2.45, 2.75) is 4.90 Å². The molecule has 0 amide bonds. The zero-order valence-corrected chi connectivity index (χ0v) is 12.7. The fraction of sp³-hybridized carbons (Fsp3) is 0.125. The molecule has 0 unspecified atom stereocenters. The number of aromatic nitrogens is 1. The van der Waals surface area contributed by atoms with Crippen LogP contribution < -0.4 is 39.9 Å². The summed E-state index contributed by atoms with van der Waals surface area (Å²) in [5.41, 5.74) is 0.723. The van der Waals surface area contributed by atoms with E-state index >= 15 is 0 Å². The SMILES string of the molecule is CN(O)c1nc2cc(SOO[O-])ccc2s1.[Na+]. The van der Waals surface area contributed by atoms with E-state index in [1.165, 1.54) is 18.4 Å². The number of hydroxylamine groups is 1. The van der Waals surface area contributed by atoms with Crippen molar-refractivity contribution in [2.24, 2.45) is 0 Å². The molecule has 9 heteroatoms. The first-order chi connectivity index (χ1) is 7.70. The summed E-state index contributed by atoms with van der Waals surface area (Å²) in [7, 11) is 1.50. The second-order valence-electron chi connectivity index (χ2n) is 2.87. The number of fused-ring (bicyclic) bond motifs is 1. The van der Waals surface area contributed by atoms with Gasteiger partial charge in [0.1, 0.15) is 0 Å². The first-order valence-corrected chi connectivity index (χ1v) is 5.73. The van der Waals surface area contributed by atoms with Gasteiger partial charge >= 0.3 is 29.6 Å². The predicted octanol–water partition coefficient (Wildman–Crippen LogP) is -1.64. The van der Waals surface area contributed by atoms with Crippen LogP contribution >= 0.6 is 23.4 Å². The van der Waals surface area contributed by atoms with Crippen molar-refractivity contribution < 1.29 is 49.4 Å². The predicted molar refractivity (Wildman–Crippen MR) is 57.8 cm³/mol. The molecular formula is C8H7N2NaO4S2. The summed E-state index contributed by atoms with van der Waals surface area (Å²) >= 11 is 2.17. The van der Waals surface area contributed by atoms with Gasteiger partial charge in [0.25, 0.3) is 0 Å². The molecule has 1 N–H and O–H groups in total. The Labute approximate surface area is 127 Å². The molecule has 0 aliphatic heterocycles. The Hall–Kier alpha value is 0.1000. The minimum absolute atomic E-state index is 0. The summed E-state index contributed by atoms with van der Waals surface area (Å²) in [6.07, 6.45) is 0. The maximum Gasteiger partial charge on any atom is 1.00 e. The molecule has 0 radical (unpaired) electrons. The third-order valence-corrected chi connectivity index (χ3v) is 3.46. The summed E-state index contributed by atoms with van der Waals surface area (Å²) < 4.78 is 5.13. The van der Waals surface area contributed by atoms with Crippen molar-refractivity contribution in [3.63, 3.8) is 0 Å². The van der Waals surface area contributed by atoms with Crippen LogP contribution in [0.25, 0.3) is 10.2 Å². The number of rotatable bonds is 4. The molecule has 1 heterocycles. The van der Waals surface area contributed by atoms with Crippen molar-refractivity contribution in [3.05, 3.63) is 18.2 Å². The number of hydrogen-bond acceptors (Lipinski definition) is 8. The van der Waals surface area contributed by atoms with Gasteiger partial charge in [0.05, 0.1) is 22.3 Å². The van der Waals surface area contributed by atoms with Gasteiger partial charge in [0.15, 0.2) is 0 Å². The van der Waals surface area contributed by atoms with Crippen LogP contribution in [0.5, 0.6) is 0 Å². The van der Waals surface area contributed by atoms with Crippen molar-refractivity contribution in [3.8, 4) is 0 Å². The van der Waals surface area contributed by atoms with Gasteiger partial charge in [0, 0.05) is 11.9 Å². The zero-order valence-electron chi connectivity index (χ0n) is 9.11. The van der Waals surface area contributed by atoms with E-state index in [-0.39, 0.29) is 29.6 Å². The average Bonchev–Trinajstić information content (AvgIpc) is 2.69. The normalized spacial score (nSPS) is 10.3. The summed E-state index contributed by atoms with van der Waals surface area (Å²) in [4.78, 5) is 4.88. The molecule has 0 saturated heterocycles. The Kier molecular flexibility index (Phi) is 6.13. The van der Waals surface area contributed by atoms with Gasteiger partial charge in [-0.1, -0.05) is 11.3 Å². The van der Waals surface area contributed by atoms with Gasteiger partial charge in [-0.25, -0.2) is 10.0 Å². The molecule has 0 saturated carbocycles. The average molecular weight is 282 g/mol. The van der Waals surface area contributed by atoms with E-state index in [9.17, 15) is 10.5 Å². The van der Waals surface area contributed by atoms with Gasteiger partial charge in [0.2, 0.25) is 5.13 Å². The molecule has 2 aromatic rings. The van der Waals surface area contributed by atoms with Crippen LogP contribution in [0.1, 0.15) is 0 Å². The molecule has 0 fully saturated rings. The summed E-state index contributed by atoms with van der Waals surface area (Å²) in [6, 6.07) is 5.34. The maximum atomic E-state index is 9.66. The Morgan fingerprint density at radius 1 is 1.53 bits per heavy atom. The number of hydrogen-bond donors (Lipinski definition) is 1. The quantitative estimate of drug-likeness (QED) is 0.312. The van der Waals surface area contributed by atoms with Crippen LogP contribution in [0, 0.1) is 0 Å². The Bertz CT molecular complexity index is 493. The molecule has 86 valence electrons. The van der Waals surface area contributed by atoms with E-state index < -0.39 is 0 Å². The van der Waals surface area contributed by atoms with Gasteiger partial charge in [-0.05, 0) is 18.2 Å². The van der Waals surface area contributed by atoms with Crippen LogP contribution in [0.4, 0.5) is 5.13 Å². The molecule has 1 aromatic heterocycles. The van der Waals surface area contributed by atoms with Crippen LogP contribution in [0.2, 0.25) is 0 Å². The molecule has 1 aromatic carbocycles. The minimum atomic E-state index is 0. The summed E-state index contributed by atoms with van der Waals surface area (Å²) in [5.74, 6) is 0. The molecule has 2 rings (SSSR count). The number of thiazole rings is 1. The number of anilines is 1. The van der Waals surface area contributed by atoms with Crippen molar-refractivity contribution >= 4 is 38.7 Å². The zero-order chi connectivity index (χ0) is 11.5. The third kappa shape index (κ3) is 3.78. The van der Waals surface area contributed by atoms with Gasteiger partial charge in [-0.2, -0.15) is 4.33 Å². The van der Waals surface area contributed by atoms with Gasteiger partial charge in [-0.3, -0.25) is 10.2 Å². The second-order valence-corrected chi connectivity index (χ2v) is 4.65. The molecule has 0 atom stereocenters. The third-order valence-electron chi connectivity index (χ3n) is 1.78. The standard InChI is InChI=1S/C8H8N2O4S2.Na/c1-10(11)8-9-6-4-5(16-14-13-12)2-3-7(6)15-8;/h2-4,11-12H,1H3;/q;+1/p-1. The number of nitrogens with zero attached hydrogens (tertiary/aromatic N) is 2. The Morgan fingerprint density at radius 3 is 2.94 bits per heavy atom. The smallest absolute Gasteiger partial charge is 0.691 e. The second kappa shape index (κ2) is 6.88. The molecular weight excluding hydrogens is 275 g/mol. The monoisotopic (exact) mass is 282 g/mol. The molecule has 6 nitrogen and oxygen atoms in total. The van der Waals surface area contributed by atoms with Gasteiger partial charge in [-0.15, -0.1) is 0 Å². The first kappa shape index (κ1) is 15.2. The Morgan fingerprint density at radius 2 is 2.29 bits per heavy atom. The van der Waals surface area contributed by atoms with Crippen LogP contribution in [0.15, 0.2) is 23.1 Å². The van der Waals surface area contributed by atoms with E-state index in [0.29, 0.717) is 10.0 Å². The van der Waals surface area contributed by atoms with E-state index in [0.717, 1.165) is 27.3 Å². The fourth-order valence-corrected chi connectivity index (χ4v) is 2.35. The van der Waals surface area contributed by atoms with E-state index in [1.54, 1.807) is 12.1 Å². The molecule has 0 aliphatic rings. The van der Waals surface area contributed by atoms with Crippen molar-refractivity contribution in [1.82, 2.24) is 4.98 Å². The summed E-state index contributed by atoms with van der Waals surface area (Å²) in [5, 5.41) is 23.6. The molecule has 0 aliphatic carbocycles.